The van der Waals surface area contributed by atoms with Crippen molar-refractivity contribution in [2.24, 2.45) is 4.99 Å². The standard InChI is InChI=1S/C16H22ClN3O/c1-18-16(19-8-5-13-6-9-21-10-7-13)20-12-14-3-2-4-15(17)11-14/h2-4,6,11H,5,7-10,12H2,1H3,(H2,18,19,20). The zero-order chi connectivity index (χ0) is 14.9. The average Bonchev–Trinajstić information content (AvgIpc) is 2.52. The topological polar surface area (TPSA) is 45.7 Å². The van der Waals surface area contributed by atoms with Crippen LogP contribution in [0.5, 0.6) is 0 Å². The maximum absolute atomic E-state index is 5.97. The predicted octanol–water partition coefficient (Wildman–Crippen LogP) is 2.74. The van der Waals surface area contributed by atoms with E-state index in [-0.39, 0.29) is 0 Å². The molecule has 114 valence electrons. The Kier molecular flexibility index (Phi) is 6.57. The van der Waals surface area contributed by atoms with E-state index in [9.17, 15) is 0 Å². The van der Waals surface area contributed by atoms with E-state index in [1.54, 1.807) is 7.05 Å². The van der Waals surface area contributed by atoms with Crippen LogP contribution in [0.4, 0.5) is 0 Å². The van der Waals surface area contributed by atoms with Crippen LogP contribution in [0.1, 0.15) is 18.4 Å². The molecule has 2 rings (SSSR count). The van der Waals surface area contributed by atoms with Crippen LogP contribution in [-0.4, -0.2) is 32.8 Å². The molecule has 2 N–H and O–H groups in total. The number of nitrogens with one attached hydrogen (secondary N) is 2. The quantitative estimate of drug-likeness (QED) is 0.499. The third kappa shape index (κ3) is 5.78. The van der Waals surface area contributed by atoms with Gasteiger partial charge in [-0.05, 0) is 30.5 Å². The first-order valence-corrected chi connectivity index (χ1v) is 7.60. The zero-order valence-corrected chi connectivity index (χ0v) is 13.1. The van der Waals surface area contributed by atoms with Crippen LogP contribution in [0.2, 0.25) is 5.02 Å². The second kappa shape index (κ2) is 8.70. The summed E-state index contributed by atoms with van der Waals surface area (Å²) in [6.45, 7) is 3.17. The largest absolute Gasteiger partial charge is 0.377 e. The molecule has 1 aliphatic rings. The second-order valence-corrected chi connectivity index (χ2v) is 5.36. The molecule has 0 aromatic heterocycles. The van der Waals surface area contributed by atoms with Gasteiger partial charge in [0, 0.05) is 25.2 Å². The fourth-order valence-electron chi connectivity index (χ4n) is 2.19. The Hall–Kier alpha value is -1.52. The SMILES string of the molecule is CN=C(NCCC1=CCOCC1)NCc1cccc(Cl)c1. The van der Waals surface area contributed by atoms with Crippen LogP contribution in [0.15, 0.2) is 40.9 Å². The third-order valence-electron chi connectivity index (χ3n) is 3.37. The highest BCUT2D eigenvalue weighted by Gasteiger charge is 2.04. The summed E-state index contributed by atoms with van der Waals surface area (Å²) in [5.74, 6) is 0.808. The maximum atomic E-state index is 5.97. The number of nitrogens with zero attached hydrogens (tertiary/aromatic N) is 1. The minimum atomic E-state index is 0.705. The van der Waals surface area contributed by atoms with Crippen molar-refractivity contribution in [3.8, 4) is 0 Å². The van der Waals surface area contributed by atoms with Crippen molar-refractivity contribution in [1.82, 2.24) is 10.6 Å². The lowest BCUT2D eigenvalue weighted by Crippen LogP contribution is -2.37. The van der Waals surface area contributed by atoms with Crippen molar-refractivity contribution in [1.29, 1.82) is 0 Å². The Morgan fingerprint density at radius 3 is 3.00 bits per heavy atom. The summed E-state index contributed by atoms with van der Waals surface area (Å²) in [7, 11) is 1.78. The highest BCUT2D eigenvalue weighted by Crippen LogP contribution is 2.11. The lowest BCUT2D eigenvalue weighted by molar-refractivity contribution is 0.153. The molecule has 21 heavy (non-hydrogen) atoms. The van der Waals surface area contributed by atoms with E-state index in [2.05, 4.69) is 21.7 Å². The van der Waals surface area contributed by atoms with Crippen LogP contribution in [-0.2, 0) is 11.3 Å². The van der Waals surface area contributed by atoms with Gasteiger partial charge in [-0.25, -0.2) is 0 Å². The van der Waals surface area contributed by atoms with Gasteiger partial charge in [0.15, 0.2) is 5.96 Å². The molecule has 4 nitrogen and oxygen atoms in total. The van der Waals surface area contributed by atoms with Gasteiger partial charge in [-0.1, -0.05) is 35.4 Å². The molecule has 0 saturated carbocycles. The fourth-order valence-corrected chi connectivity index (χ4v) is 2.40. The number of halogens is 1. The molecule has 1 heterocycles. The minimum Gasteiger partial charge on any atom is -0.377 e. The molecule has 1 aromatic carbocycles. The van der Waals surface area contributed by atoms with E-state index < -0.39 is 0 Å². The van der Waals surface area contributed by atoms with Crippen molar-refractivity contribution in [3.63, 3.8) is 0 Å². The van der Waals surface area contributed by atoms with E-state index in [0.29, 0.717) is 6.54 Å². The normalized spacial score (nSPS) is 15.5. The molecule has 1 aliphatic heterocycles. The summed E-state index contributed by atoms with van der Waals surface area (Å²) in [4.78, 5) is 4.23. The van der Waals surface area contributed by atoms with Crippen LogP contribution < -0.4 is 10.6 Å². The Morgan fingerprint density at radius 2 is 2.29 bits per heavy atom. The highest BCUT2D eigenvalue weighted by atomic mass is 35.5. The van der Waals surface area contributed by atoms with Crippen LogP contribution >= 0.6 is 11.6 Å². The number of guanidine groups is 1. The molecule has 0 radical (unpaired) electrons. The Balaban J connectivity index is 1.72. The van der Waals surface area contributed by atoms with Crippen molar-refractivity contribution < 1.29 is 4.74 Å². The minimum absolute atomic E-state index is 0.705. The first-order chi connectivity index (χ1) is 10.3. The van der Waals surface area contributed by atoms with Gasteiger partial charge < -0.3 is 15.4 Å². The molecule has 0 aliphatic carbocycles. The van der Waals surface area contributed by atoms with Gasteiger partial charge in [0.2, 0.25) is 0 Å². The summed E-state index contributed by atoms with van der Waals surface area (Å²) in [6.07, 6.45) is 4.24. The van der Waals surface area contributed by atoms with E-state index in [1.165, 1.54) is 5.57 Å². The molecule has 1 aromatic rings. The van der Waals surface area contributed by atoms with Gasteiger partial charge in [-0.15, -0.1) is 0 Å². The number of hydrogen-bond donors (Lipinski definition) is 2. The smallest absolute Gasteiger partial charge is 0.191 e. The molecule has 0 atom stereocenters. The van der Waals surface area contributed by atoms with Crippen LogP contribution in [0.25, 0.3) is 0 Å². The van der Waals surface area contributed by atoms with Gasteiger partial charge in [-0.3, -0.25) is 4.99 Å². The van der Waals surface area contributed by atoms with Gasteiger partial charge >= 0.3 is 0 Å². The lowest BCUT2D eigenvalue weighted by atomic mass is 10.1. The first-order valence-electron chi connectivity index (χ1n) is 7.22. The molecule has 0 fully saturated rings. The lowest BCUT2D eigenvalue weighted by Gasteiger charge is -2.15. The number of hydrogen-bond acceptors (Lipinski definition) is 2. The van der Waals surface area contributed by atoms with Crippen molar-refractivity contribution >= 4 is 17.6 Å². The van der Waals surface area contributed by atoms with Crippen molar-refractivity contribution in [2.75, 3.05) is 26.8 Å². The number of rotatable bonds is 5. The number of ether oxygens (including phenoxy) is 1. The molecule has 0 bridgehead atoms. The molecule has 0 amide bonds. The predicted molar refractivity (Wildman–Crippen MR) is 87.8 cm³/mol. The van der Waals surface area contributed by atoms with Crippen LogP contribution in [0.3, 0.4) is 0 Å². The van der Waals surface area contributed by atoms with E-state index in [0.717, 1.165) is 49.1 Å². The third-order valence-corrected chi connectivity index (χ3v) is 3.60. The van der Waals surface area contributed by atoms with Crippen molar-refractivity contribution in [3.05, 3.63) is 46.5 Å². The van der Waals surface area contributed by atoms with E-state index in [4.69, 9.17) is 16.3 Å². The molecular formula is C16H22ClN3O. The monoisotopic (exact) mass is 307 g/mol. The van der Waals surface area contributed by atoms with E-state index >= 15 is 0 Å². The maximum Gasteiger partial charge on any atom is 0.191 e. The molecular weight excluding hydrogens is 286 g/mol. The van der Waals surface area contributed by atoms with Gasteiger partial charge in [0.1, 0.15) is 0 Å². The Morgan fingerprint density at radius 1 is 1.38 bits per heavy atom. The number of aliphatic imine (C=N–C) groups is 1. The second-order valence-electron chi connectivity index (χ2n) is 4.92. The highest BCUT2D eigenvalue weighted by molar-refractivity contribution is 6.30. The van der Waals surface area contributed by atoms with Gasteiger partial charge in [-0.2, -0.15) is 0 Å². The van der Waals surface area contributed by atoms with Crippen molar-refractivity contribution in [2.45, 2.75) is 19.4 Å². The summed E-state index contributed by atoms with van der Waals surface area (Å²) < 4.78 is 5.30. The molecule has 0 saturated heterocycles. The Labute approximate surface area is 131 Å². The first kappa shape index (κ1) is 15.9. The summed E-state index contributed by atoms with van der Waals surface area (Å²) in [6, 6.07) is 7.82. The summed E-state index contributed by atoms with van der Waals surface area (Å²) in [5, 5.41) is 7.37. The average molecular weight is 308 g/mol. The zero-order valence-electron chi connectivity index (χ0n) is 12.4. The van der Waals surface area contributed by atoms with E-state index in [1.807, 2.05) is 24.3 Å². The summed E-state index contributed by atoms with van der Waals surface area (Å²) in [5.41, 5.74) is 2.59. The fraction of sp³-hybridized carbons (Fsp3) is 0.438. The van der Waals surface area contributed by atoms with Gasteiger partial charge in [0.05, 0.1) is 13.2 Å². The molecule has 5 heteroatoms. The molecule has 0 unspecified atom stereocenters. The molecule has 0 spiro atoms. The summed E-state index contributed by atoms with van der Waals surface area (Å²) >= 11 is 5.97. The van der Waals surface area contributed by atoms with Gasteiger partial charge in [0.25, 0.3) is 0 Å². The number of benzene rings is 1. The Bertz CT molecular complexity index is 514. The van der Waals surface area contributed by atoms with Crippen LogP contribution in [0, 0.1) is 0 Å².